The highest BCUT2D eigenvalue weighted by molar-refractivity contribution is 5.94. The molecule has 0 radical (unpaired) electrons. The smallest absolute Gasteiger partial charge is 0.283 e. The summed E-state index contributed by atoms with van der Waals surface area (Å²) < 4.78 is 32.3. The molecule has 25 heavy (non-hydrogen) atoms. The van der Waals surface area contributed by atoms with E-state index in [1.807, 2.05) is 13.8 Å². The number of nitrogens with zero attached hydrogens (tertiary/aromatic N) is 3. The van der Waals surface area contributed by atoms with Crippen molar-refractivity contribution < 1.29 is 23.4 Å². The summed E-state index contributed by atoms with van der Waals surface area (Å²) >= 11 is 0. The second-order valence-electron chi connectivity index (χ2n) is 6.84. The second-order valence-corrected chi connectivity index (χ2v) is 6.84. The van der Waals surface area contributed by atoms with Crippen LogP contribution in [0.15, 0.2) is 0 Å². The summed E-state index contributed by atoms with van der Waals surface area (Å²) in [6, 6.07) is 0. The molecule has 0 aromatic carbocycles. The van der Waals surface area contributed by atoms with Gasteiger partial charge in [-0.2, -0.15) is 5.10 Å². The van der Waals surface area contributed by atoms with E-state index in [9.17, 15) is 13.6 Å². The summed E-state index contributed by atoms with van der Waals surface area (Å²) in [5, 5.41) is 15.8. The molecule has 2 aliphatic heterocycles. The number of aromatic nitrogens is 2. The van der Waals surface area contributed by atoms with Crippen molar-refractivity contribution in [1.29, 1.82) is 0 Å². The highest BCUT2D eigenvalue weighted by atomic mass is 19.3. The van der Waals surface area contributed by atoms with E-state index in [1.165, 1.54) is 0 Å². The molecule has 9 heteroatoms. The molecule has 2 aliphatic rings. The molecule has 1 amide bonds. The molecule has 2 N–H and O–H groups in total. The van der Waals surface area contributed by atoms with Crippen molar-refractivity contribution in [2.75, 3.05) is 39.3 Å². The molecule has 1 aromatic heterocycles. The van der Waals surface area contributed by atoms with E-state index >= 15 is 0 Å². The van der Waals surface area contributed by atoms with Crippen LogP contribution in [0.1, 0.15) is 41.7 Å². The fraction of sp³-hybridized carbons (Fsp3) is 0.750. The lowest BCUT2D eigenvalue weighted by Gasteiger charge is -2.36. The van der Waals surface area contributed by atoms with Crippen LogP contribution in [-0.4, -0.2) is 82.4 Å². The monoisotopic (exact) mass is 358 g/mol. The fourth-order valence-electron chi connectivity index (χ4n) is 3.49. The Morgan fingerprint density at radius 2 is 2.04 bits per heavy atom. The van der Waals surface area contributed by atoms with Gasteiger partial charge in [0.25, 0.3) is 11.8 Å². The van der Waals surface area contributed by atoms with Crippen LogP contribution >= 0.6 is 0 Å². The van der Waals surface area contributed by atoms with Gasteiger partial charge in [0.2, 0.25) is 0 Å². The molecular formula is C16H24F2N4O3. The summed E-state index contributed by atoms with van der Waals surface area (Å²) in [7, 11) is 0. The molecule has 1 aromatic rings. The van der Waals surface area contributed by atoms with Crippen molar-refractivity contribution in [3.8, 4) is 0 Å². The Bertz CT molecular complexity index is 629. The maximum Gasteiger partial charge on any atom is 0.283 e. The number of carbonyl (C=O) groups excluding carboxylic acids is 1. The SMILES string of the molecule is C[C@@H]1Cc2c(C(=O)N3CCN(CC(F)(F)CO)CC3)n[nH]c2[C@H](C)O1. The number of hydrogen-bond acceptors (Lipinski definition) is 5. The van der Waals surface area contributed by atoms with Gasteiger partial charge in [-0.25, -0.2) is 8.78 Å². The van der Waals surface area contributed by atoms with Crippen LogP contribution < -0.4 is 0 Å². The number of ether oxygens (including phenoxy) is 1. The van der Waals surface area contributed by atoms with Gasteiger partial charge in [-0.05, 0) is 13.8 Å². The number of aliphatic hydroxyl groups excluding tert-OH is 1. The first-order chi connectivity index (χ1) is 11.8. The lowest BCUT2D eigenvalue weighted by Crippen LogP contribution is -2.52. The predicted molar refractivity (Wildman–Crippen MR) is 85.6 cm³/mol. The van der Waals surface area contributed by atoms with Crippen LogP contribution in [0.4, 0.5) is 8.78 Å². The minimum Gasteiger partial charge on any atom is -0.390 e. The quantitative estimate of drug-likeness (QED) is 0.833. The van der Waals surface area contributed by atoms with Gasteiger partial charge in [-0.3, -0.25) is 14.8 Å². The second kappa shape index (κ2) is 6.97. The van der Waals surface area contributed by atoms with E-state index in [4.69, 9.17) is 9.84 Å². The number of H-pyrrole nitrogens is 1. The number of aliphatic hydroxyl groups is 1. The third-order valence-corrected chi connectivity index (χ3v) is 4.78. The average molecular weight is 358 g/mol. The zero-order valence-electron chi connectivity index (χ0n) is 14.5. The zero-order chi connectivity index (χ0) is 18.2. The van der Waals surface area contributed by atoms with Gasteiger partial charge >= 0.3 is 0 Å². The molecule has 2 atom stereocenters. The predicted octanol–water partition coefficient (Wildman–Crippen LogP) is 0.817. The topological polar surface area (TPSA) is 81.7 Å². The number of hydrogen-bond donors (Lipinski definition) is 2. The Labute approximate surface area is 144 Å². The molecular weight excluding hydrogens is 334 g/mol. The molecule has 0 saturated carbocycles. The molecule has 0 unspecified atom stereocenters. The maximum atomic E-state index is 13.3. The fourth-order valence-corrected chi connectivity index (χ4v) is 3.49. The lowest BCUT2D eigenvalue weighted by molar-refractivity contribution is -0.0773. The van der Waals surface area contributed by atoms with Crippen molar-refractivity contribution >= 4 is 5.91 Å². The van der Waals surface area contributed by atoms with Gasteiger partial charge in [-0.15, -0.1) is 0 Å². The van der Waals surface area contributed by atoms with Gasteiger partial charge in [-0.1, -0.05) is 0 Å². The third kappa shape index (κ3) is 3.83. The Balaban J connectivity index is 1.64. The van der Waals surface area contributed by atoms with Gasteiger partial charge in [0.1, 0.15) is 6.61 Å². The van der Waals surface area contributed by atoms with E-state index < -0.39 is 19.1 Å². The van der Waals surface area contributed by atoms with Gasteiger partial charge in [0, 0.05) is 38.2 Å². The Morgan fingerprint density at radius 3 is 2.68 bits per heavy atom. The number of rotatable bonds is 4. The van der Waals surface area contributed by atoms with Crippen molar-refractivity contribution in [2.45, 2.75) is 38.4 Å². The van der Waals surface area contributed by atoms with Crippen LogP contribution in [0, 0.1) is 0 Å². The zero-order valence-corrected chi connectivity index (χ0v) is 14.5. The van der Waals surface area contributed by atoms with Crippen LogP contribution in [-0.2, 0) is 11.2 Å². The minimum absolute atomic E-state index is 0.0178. The third-order valence-electron chi connectivity index (χ3n) is 4.78. The summed E-state index contributed by atoms with van der Waals surface area (Å²) in [4.78, 5) is 16.0. The van der Waals surface area contributed by atoms with Crippen molar-refractivity contribution in [3.63, 3.8) is 0 Å². The first-order valence-corrected chi connectivity index (χ1v) is 8.53. The number of aromatic amines is 1. The number of carbonyl (C=O) groups is 1. The maximum absolute atomic E-state index is 13.3. The van der Waals surface area contributed by atoms with Crippen molar-refractivity contribution in [2.24, 2.45) is 0 Å². The van der Waals surface area contributed by atoms with Crippen molar-refractivity contribution in [1.82, 2.24) is 20.0 Å². The normalized spacial score (nSPS) is 25.1. The number of nitrogens with one attached hydrogen (secondary N) is 1. The first kappa shape index (κ1) is 18.2. The molecule has 0 spiro atoms. The number of amides is 1. The Morgan fingerprint density at radius 1 is 1.36 bits per heavy atom. The molecule has 7 nitrogen and oxygen atoms in total. The van der Waals surface area contributed by atoms with Gasteiger partial charge in [0.05, 0.1) is 24.4 Å². The first-order valence-electron chi connectivity index (χ1n) is 8.53. The van der Waals surface area contributed by atoms with E-state index in [0.29, 0.717) is 38.3 Å². The van der Waals surface area contributed by atoms with Gasteiger partial charge < -0.3 is 14.7 Å². The van der Waals surface area contributed by atoms with E-state index in [1.54, 1.807) is 9.80 Å². The van der Waals surface area contributed by atoms with Crippen LogP contribution in [0.5, 0.6) is 0 Å². The van der Waals surface area contributed by atoms with E-state index in [2.05, 4.69) is 10.2 Å². The van der Waals surface area contributed by atoms with Gasteiger partial charge in [0.15, 0.2) is 5.69 Å². The van der Waals surface area contributed by atoms with E-state index in [-0.39, 0.29) is 18.1 Å². The Hall–Kier alpha value is -1.58. The molecule has 3 rings (SSSR count). The largest absolute Gasteiger partial charge is 0.390 e. The molecule has 0 aliphatic carbocycles. The summed E-state index contributed by atoms with van der Waals surface area (Å²) in [5.41, 5.74) is 2.14. The molecule has 140 valence electrons. The van der Waals surface area contributed by atoms with Crippen LogP contribution in [0.2, 0.25) is 0 Å². The van der Waals surface area contributed by atoms with Crippen molar-refractivity contribution in [3.05, 3.63) is 17.0 Å². The summed E-state index contributed by atoms with van der Waals surface area (Å²) in [5.74, 6) is -3.29. The molecule has 3 heterocycles. The standard InChI is InChI=1S/C16H24F2N4O3/c1-10-7-12-13(11(2)25-10)19-20-14(12)15(24)22-5-3-21(4-6-22)8-16(17,18)9-23/h10-11,23H,3-9H2,1-2H3,(H,19,20)/t10-,11+/m1/s1. The number of fused-ring (bicyclic) bond motifs is 1. The molecule has 1 saturated heterocycles. The van der Waals surface area contributed by atoms with Crippen LogP contribution in [0.25, 0.3) is 0 Å². The Kier molecular flexibility index (Phi) is 5.08. The number of piperazine rings is 1. The summed E-state index contributed by atoms with van der Waals surface area (Å²) in [6.07, 6.45) is 0.509. The summed E-state index contributed by atoms with van der Waals surface area (Å²) in [6.45, 7) is 3.66. The van der Waals surface area contributed by atoms with Crippen LogP contribution in [0.3, 0.4) is 0 Å². The van der Waals surface area contributed by atoms with E-state index in [0.717, 1.165) is 11.3 Å². The molecule has 0 bridgehead atoms. The lowest BCUT2D eigenvalue weighted by atomic mass is 9.99. The highest BCUT2D eigenvalue weighted by Crippen LogP contribution is 2.30. The number of alkyl halides is 2. The highest BCUT2D eigenvalue weighted by Gasteiger charge is 2.35. The number of halogens is 2. The average Bonchev–Trinajstić information content (AvgIpc) is 2.98. The minimum atomic E-state index is -3.11. The molecule has 1 fully saturated rings.